The summed E-state index contributed by atoms with van der Waals surface area (Å²) in [4.78, 5) is 1.34. The number of nitrogens with zero attached hydrogens (tertiary/aromatic N) is 1. The van der Waals surface area contributed by atoms with Gasteiger partial charge in [-0.3, -0.25) is 4.90 Å². The Morgan fingerprint density at radius 1 is 1.10 bits per heavy atom. The molecule has 0 aromatic heterocycles. The molecule has 1 rings (SSSR count). The van der Waals surface area contributed by atoms with E-state index in [4.69, 9.17) is 0 Å². The summed E-state index contributed by atoms with van der Waals surface area (Å²) in [7, 11) is 1.52. The van der Waals surface area contributed by atoms with E-state index in [0.717, 1.165) is 5.56 Å². The fourth-order valence-electron chi connectivity index (χ4n) is 2.48. The van der Waals surface area contributed by atoms with Crippen molar-refractivity contribution in [3.8, 4) is 0 Å². The average molecular weight is 302 g/mol. The number of alkyl halides is 3. The molecule has 0 bridgehead atoms. The molecule has 2 nitrogen and oxygen atoms in total. The fraction of sp³-hybridized carbons (Fsp3) is 0.625. The van der Waals surface area contributed by atoms with Gasteiger partial charge in [0, 0.05) is 24.5 Å². The van der Waals surface area contributed by atoms with E-state index in [0.29, 0.717) is 19.1 Å². The minimum atomic E-state index is -4.17. The Hall–Kier alpha value is -1.07. The second-order valence-corrected chi connectivity index (χ2v) is 6.25. The Morgan fingerprint density at radius 2 is 1.67 bits per heavy atom. The van der Waals surface area contributed by atoms with Crippen LogP contribution in [0, 0.1) is 0 Å². The zero-order chi connectivity index (χ0) is 16.1. The molecule has 0 aliphatic carbocycles. The van der Waals surface area contributed by atoms with Crippen molar-refractivity contribution in [1.82, 2.24) is 10.2 Å². The van der Waals surface area contributed by atoms with Gasteiger partial charge in [-0.2, -0.15) is 13.2 Å². The van der Waals surface area contributed by atoms with Crippen molar-refractivity contribution in [2.45, 2.75) is 38.4 Å². The summed E-state index contributed by atoms with van der Waals surface area (Å²) in [6.45, 7) is 6.16. The lowest BCUT2D eigenvalue weighted by molar-refractivity contribution is -0.144. The van der Waals surface area contributed by atoms with Gasteiger partial charge in [0.1, 0.15) is 0 Å². The normalized spacial score (nSPS) is 15.5. The van der Waals surface area contributed by atoms with Gasteiger partial charge < -0.3 is 5.32 Å². The highest BCUT2D eigenvalue weighted by atomic mass is 19.4. The average Bonchev–Trinajstić information content (AvgIpc) is 2.35. The molecule has 0 fully saturated rings. The number of nitrogens with one attached hydrogen (secondary N) is 1. The standard InChI is InChI=1S/C16H25F3N2/c1-13(2)20-10-15(3,14-8-6-5-7-9-14)11-21(4)12-16(17,18)19/h5-9,13,20H,10-12H2,1-4H3. The summed E-state index contributed by atoms with van der Waals surface area (Å²) in [6, 6.07) is 10.0. The first-order valence-corrected chi connectivity index (χ1v) is 7.16. The highest BCUT2D eigenvalue weighted by molar-refractivity contribution is 5.25. The third-order valence-corrected chi connectivity index (χ3v) is 3.44. The van der Waals surface area contributed by atoms with E-state index >= 15 is 0 Å². The van der Waals surface area contributed by atoms with Gasteiger partial charge in [-0.25, -0.2) is 0 Å². The summed E-state index contributed by atoms with van der Waals surface area (Å²) in [6.07, 6.45) is -4.17. The highest BCUT2D eigenvalue weighted by Gasteiger charge is 2.34. The molecule has 0 heterocycles. The van der Waals surface area contributed by atoms with Crippen LogP contribution in [0.4, 0.5) is 13.2 Å². The van der Waals surface area contributed by atoms with Crippen LogP contribution in [0.2, 0.25) is 0 Å². The van der Waals surface area contributed by atoms with E-state index in [2.05, 4.69) is 5.32 Å². The van der Waals surface area contributed by atoms with Gasteiger partial charge in [-0.15, -0.1) is 0 Å². The SMILES string of the molecule is CC(C)NCC(C)(CN(C)CC(F)(F)F)c1ccccc1. The molecular weight excluding hydrogens is 277 g/mol. The van der Waals surface area contributed by atoms with E-state index in [9.17, 15) is 13.2 Å². The molecule has 0 amide bonds. The number of halogens is 3. The van der Waals surface area contributed by atoms with Gasteiger partial charge in [0.15, 0.2) is 0 Å². The third-order valence-electron chi connectivity index (χ3n) is 3.44. The third kappa shape index (κ3) is 6.48. The molecule has 1 aromatic rings. The lowest BCUT2D eigenvalue weighted by Gasteiger charge is -2.35. The van der Waals surface area contributed by atoms with Crippen LogP contribution in [0.25, 0.3) is 0 Å². The Balaban J connectivity index is 2.87. The molecule has 0 saturated heterocycles. The zero-order valence-corrected chi connectivity index (χ0v) is 13.2. The van der Waals surface area contributed by atoms with Crippen LogP contribution >= 0.6 is 0 Å². The molecule has 1 atom stereocenters. The number of likely N-dealkylation sites (N-methyl/N-ethyl adjacent to an activating group) is 1. The Bertz CT molecular complexity index is 417. The van der Waals surface area contributed by atoms with Crippen molar-refractivity contribution in [2.24, 2.45) is 0 Å². The van der Waals surface area contributed by atoms with Crippen LogP contribution in [0.3, 0.4) is 0 Å². The van der Waals surface area contributed by atoms with Gasteiger partial charge in [0.25, 0.3) is 0 Å². The van der Waals surface area contributed by atoms with Crippen molar-refractivity contribution < 1.29 is 13.2 Å². The Morgan fingerprint density at radius 3 is 2.14 bits per heavy atom. The topological polar surface area (TPSA) is 15.3 Å². The molecule has 0 aliphatic rings. The minimum absolute atomic E-state index is 0.293. The number of benzene rings is 1. The molecule has 0 radical (unpaired) electrons. The van der Waals surface area contributed by atoms with Gasteiger partial charge in [-0.05, 0) is 12.6 Å². The van der Waals surface area contributed by atoms with E-state index in [-0.39, 0.29) is 5.41 Å². The molecule has 21 heavy (non-hydrogen) atoms. The monoisotopic (exact) mass is 302 g/mol. The van der Waals surface area contributed by atoms with E-state index in [1.165, 1.54) is 11.9 Å². The van der Waals surface area contributed by atoms with Gasteiger partial charge in [0.2, 0.25) is 0 Å². The van der Waals surface area contributed by atoms with Crippen LogP contribution < -0.4 is 5.32 Å². The first kappa shape index (κ1) is 18.0. The van der Waals surface area contributed by atoms with Crippen LogP contribution in [0.1, 0.15) is 26.3 Å². The fourth-order valence-corrected chi connectivity index (χ4v) is 2.48. The highest BCUT2D eigenvalue weighted by Crippen LogP contribution is 2.26. The summed E-state index contributed by atoms with van der Waals surface area (Å²) in [5.74, 6) is 0. The van der Waals surface area contributed by atoms with Crippen LogP contribution in [-0.4, -0.2) is 43.8 Å². The largest absolute Gasteiger partial charge is 0.401 e. The van der Waals surface area contributed by atoms with Crippen LogP contribution in [0.15, 0.2) is 30.3 Å². The molecule has 1 aromatic carbocycles. The summed E-state index contributed by atoms with van der Waals surface area (Å²) in [5.41, 5.74) is 0.679. The minimum Gasteiger partial charge on any atom is -0.314 e. The van der Waals surface area contributed by atoms with Crippen molar-refractivity contribution in [3.05, 3.63) is 35.9 Å². The number of hydrogen-bond donors (Lipinski definition) is 1. The quantitative estimate of drug-likeness (QED) is 0.830. The molecule has 1 N–H and O–H groups in total. The second kappa shape index (κ2) is 7.27. The second-order valence-electron chi connectivity index (χ2n) is 6.25. The van der Waals surface area contributed by atoms with E-state index in [1.807, 2.05) is 51.1 Å². The predicted octanol–water partition coefficient (Wildman–Crippen LogP) is 3.44. The summed E-state index contributed by atoms with van der Waals surface area (Å²) in [5, 5.41) is 3.34. The number of rotatable bonds is 7. The van der Waals surface area contributed by atoms with Gasteiger partial charge >= 0.3 is 6.18 Å². The maximum absolute atomic E-state index is 12.5. The van der Waals surface area contributed by atoms with Crippen molar-refractivity contribution >= 4 is 0 Å². The maximum atomic E-state index is 12.5. The van der Waals surface area contributed by atoms with Crippen molar-refractivity contribution in [2.75, 3.05) is 26.7 Å². The Kier molecular flexibility index (Phi) is 6.23. The van der Waals surface area contributed by atoms with Crippen molar-refractivity contribution in [3.63, 3.8) is 0 Å². The molecule has 0 spiro atoms. The van der Waals surface area contributed by atoms with Gasteiger partial charge in [-0.1, -0.05) is 51.1 Å². The molecule has 5 heteroatoms. The zero-order valence-electron chi connectivity index (χ0n) is 13.2. The predicted molar refractivity (Wildman–Crippen MR) is 80.5 cm³/mol. The van der Waals surface area contributed by atoms with Crippen LogP contribution in [0.5, 0.6) is 0 Å². The maximum Gasteiger partial charge on any atom is 0.401 e. The molecular formula is C16H25F3N2. The lowest BCUT2D eigenvalue weighted by atomic mass is 9.81. The van der Waals surface area contributed by atoms with Crippen LogP contribution in [-0.2, 0) is 5.41 Å². The van der Waals surface area contributed by atoms with Crippen molar-refractivity contribution in [1.29, 1.82) is 0 Å². The molecule has 0 saturated carbocycles. The first-order chi connectivity index (χ1) is 9.62. The molecule has 120 valence electrons. The Labute approximate surface area is 125 Å². The van der Waals surface area contributed by atoms with E-state index in [1.54, 1.807) is 0 Å². The summed E-state index contributed by atoms with van der Waals surface area (Å²) < 4.78 is 37.6. The number of hydrogen-bond acceptors (Lipinski definition) is 2. The van der Waals surface area contributed by atoms with E-state index < -0.39 is 12.7 Å². The molecule has 0 aliphatic heterocycles. The lowest BCUT2D eigenvalue weighted by Crippen LogP contribution is -2.47. The first-order valence-electron chi connectivity index (χ1n) is 7.16. The van der Waals surface area contributed by atoms with Gasteiger partial charge in [0.05, 0.1) is 6.54 Å². The smallest absolute Gasteiger partial charge is 0.314 e. The summed E-state index contributed by atoms with van der Waals surface area (Å²) >= 11 is 0. The molecule has 1 unspecified atom stereocenters.